The summed E-state index contributed by atoms with van der Waals surface area (Å²) >= 11 is 0. The minimum atomic E-state index is 1.10. The van der Waals surface area contributed by atoms with Crippen LogP contribution in [-0.4, -0.2) is 31.1 Å². The Morgan fingerprint density at radius 3 is 2.29 bits per heavy atom. The predicted octanol–water partition coefficient (Wildman–Crippen LogP) is 3.99. The molecular weight excluding hydrogens is 256 g/mol. The topological polar surface area (TPSA) is 15.3 Å². The summed E-state index contributed by atoms with van der Waals surface area (Å²) in [4.78, 5) is 2.66. The van der Waals surface area contributed by atoms with Crippen LogP contribution in [0.3, 0.4) is 0 Å². The average Bonchev–Trinajstić information content (AvgIpc) is 2.48. The van der Waals surface area contributed by atoms with Gasteiger partial charge in [0.05, 0.1) is 0 Å². The zero-order valence-corrected chi connectivity index (χ0v) is 13.7. The lowest BCUT2D eigenvalue weighted by Crippen LogP contribution is -2.27. The van der Waals surface area contributed by atoms with E-state index in [0.717, 1.165) is 26.1 Å². The molecule has 0 aromatic heterocycles. The van der Waals surface area contributed by atoms with Gasteiger partial charge in [0, 0.05) is 6.54 Å². The maximum Gasteiger partial charge on any atom is 0.0236 e. The summed E-state index contributed by atoms with van der Waals surface area (Å²) in [6.45, 7) is 8.16. The van der Waals surface area contributed by atoms with Crippen molar-refractivity contribution in [3.05, 3.63) is 35.4 Å². The molecule has 2 heteroatoms. The van der Waals surface area contributed by atoms with Crippen LogP contribution in [0.15, 0.2) is 24.3 Å². The molecule has 1 fully saturated rings. The molecule has 1 aromatic carbocycles. The Bertz CT molecular complexity index is 381. The van der Waals surface area contributed by atoms with Crippen LogP contribution in [0.4, 0.5) is 0 Å². The molecule has 0 saturated carbocycles. The van der Waals surface area contributed by atoms with Crippen LogP contribution in [0.1, 0.15) is 56.6 Å². The molecule has 2 rings (SSSR count). The van der Waals surface area contributed by atoms with Gasteiger partial charge in [0.15, 0.2) is 0 Å². The van der Waals surface area contributed by atoms with Crippen LogP contribution in [0, 0.1) is 0 Å². The molecule has 21 heavy (non-hydrogen) atoms. The van der Waals surface area contributed by atoms with E-state index in [9.17, 15) is 0 Å². The molecule has 1 aromatic rings. The fraction of sp³-hybridized carbons (Fsp3) is 0.684. The number of hydrogen-bond acceptors (Lipinski definition) is 2. The molecule has 1 aliphatic heterocycles. The highest BCUT2D eigenvalue weighted by Gasteiger charge is 2.10. The van der Waals surface area contributed by atoms with E-state index in [0.29, 0.717) is 0 Å². The van der Waals surface area contributed by atoms with Gasteiger partial charge in [-0.2, -0.15) is 0 Å². The summed E-state index contributed by atoms with van der Waals surface area (Å²) in [5.41, 5.74) is 3.07. The number of rotatable bonds is 7. The standard InChI is InChI=1S/C19H32N2/c1-2-13-20-14-12-18-10-6-7-11-19(18)17-21-15-8-4-3-5-9-16-21/h6-7,10-11,20H,2-5,8-9,12-17H2,1H3. The molecule has 0 spiro atoms. The fourth-order valence-corrected chi connectivity index (χ4v) is 3.19. The fourth-order valence-electron chi connectivity index (χ4n) is 3.19. The van der Waals surface area contributed by atoms with Gasteiger partial charge in [0.1, 0.15) is 0 Å². The molecule has 1 heterocycles. The van der Waals surface area contributed by atoms with E-state index in [1.807, 2.05) is 0 Å². The minimum absolute atomic E-state index is 1.10. The van der Waals surface area contributed by atoms with E-state index in [2.05, 4.69) is 41.4 Å². The van der Waals surface area contributed by atoms with Gasteiger partial charge in [-0.05, 0) is 63.0 Å². The number of benzene rings is 1. The van der Waals surface area contributed by atoms with Crippen molar-refractivity contribution in [2.45, 2.75) is 58.4 Å². The first-order chi connectivity index (χ1) is 10.4. The highest BCUT2D eigenvalue weighted by molar-refractivity contribution is 5.27. The molecule has 1 saturated heterocycles. The Hall–Kier alpha value is -0.860. The Morgan fingerprint density at radius 1 is 0.905 bits per heavy atom. The third-order valence-corrected chi connectivity index (χ3v) is 4.46. The molecule has 0 bridgehead atoms. The molecule has 0 unspecified atom stereocenters. The first-order valence-corrected chi connectivity index (χ1v) is 8.90. The zero-order chi connectivity index (χ0) is 14.8. The van der Waals surface area contributed by atoms with E-state index in [1.54, 1.807) is 0 Å². The first kappa shape index (κ1) is 16.5. The van der Waals surface area contributed by atoms with E-state index in [-0.39, 0.29) is 0 Å². The molecule has 0 radical (unpaired) electrons. The maximum absolute atomic E-state index is 3.52. The van der Waals surface area contributed by atoms with Crippen LogP contribution < -0.4 is 5.32 Å². The number of likely N-dealkylation sites (tertiary alicyclic amines) is 1. The van der Waals surface area contributed by atoms with Gasteiger partial charge >= 0.3 is 0 Å². The number of hydrogen-bond donors (Lipinski definition) is 1. The van der Waals surface area contributed by atoms with Gasteiger partial charge in [-0.15, -0.1) is 0 Å². The molecule has 0 atom stereocenters. The van der Waals surface area contributed by atoms with Crippen molar-refractivity contribution in [3.63, 3.8) is 0 Å². The quantitative estimate of drug-likeness (QED) is 0.763. The normalized spacial score (nSPS) is 17.4. The van der Waals surface area contributed by atoms with Crippen LogP contribution in [0.25, 0.3) is 0 Å². The van der Waals surface area contributed by atoms with E-state index < -0.39 is 0 Å². The Labute approximate surface area is 130 Å². The van der Waals surface area contributed by atoms with E-state index in [4.69, 9.17) is 0 Å². The van der Waals surface area contributed by atoms with Crippen LogP contribution in [-0.2, 0) is 13.0 Å². The van der Waals surface area contributed by atoms with Crippen molar-refractivity contribution in [3.8, 4) is 0 Å². The van der Waals surface area contributed by atoms with Gasteiger partial charge in [0.25, 0.3) is 0 Å². The molecule has 1 N–H and O–H groups in total. The van der Waals surface area contributed by atoms with Gasteiger partial charge < -0.3 is 5.32 Å². The van der Waals surface area contributed by atoms with Gasteiger partial charge in [0.2, 0.25) is 0 Å². The second-order valence-corrected chi connectivity index (χ2v) is 6.31. The van der Waals surface area contributed by atoms with Gasteiger partial charge in [-0.25, -0.2) is 0 Å². The van der Waals surface area contributed by atoms with Crippen molar-refractivity contribution in [2.24, 2.45) is 0 Å². The lowest BCUT2D eigenvalue weighted by atomic mass is 10.0. The largest absolute Gasteiger partial charge is 0.316 e. The molecular formula is C19H32N2. The lowest BCUT2D eigenvalue weighted by Gasteiger charge is -2.25. The highest BCUT2D eigenvalue weighted by Crippen LogP contribution is 2.16. The Kier molecular flexibility index (Phi) is 7.83. The highest BCUT2D eigenvalue weighted by atomic mass is 15.1. The summed E-state index contributed by atoms with van der Waals surface area (Å²) in [7, 11) is 0. The third kappa shape index (κ3) is 6.19. The molecule has 118 valence electrons. The SMILES string of the molecule is CCCNCCc1ccccc1CN1CCCCCCC1. The van der Waals surface area contributed by atoms with Crippen LogP contribution >= 0.6 is 0 Å². The maximum atomic E-state index is 3.52. The summed E-state index contributed by atoms with van der Waals surface area (Å²) < 4.78 is 0. The zero-order valence-electron chi connectivity index (χ0n) is 13.7. The Balaban J connectivity index is 1.88. The summed E-state index contributed by atoms with van der Waals surface area (Å²) in [6.07, 6.45) is 9.39. The van der Waals surface area contributed by atoms with Crippen LogP contribution in [0.5, 0.6) is 0 Å². The monoisotopic (exact) mass is 288 g/mol. The van der Waals surface area contributed by atoms with Crippen molar-refractivity contribution < 1.29 is 0 Å². The minimum Gasteiger partial charge on any atom is -0.316 e. The summed E-state index contributed by atoms with van der Waals surface area (Å²) in [5, 5.41) is 3.52. The van der Waals surface area contributed by atoms with Gasteiger partial charge in [-0.3, -0.25) is 4.90 Å². The smallest absolute Gasteiger partial charge is 0.0236 e. The average molecular weight is 288 g/mol. The molecule has 1 aliphatic rings. The van der Waals surface area contributed by atoms with Crippen molar-refractivity contribution in [1.82, 2.24) is 10.2 Å². The van der Waals surface area contributed by atoms with Gasteiger partial charge in [-0.1, -0.05) is 50.5 Å². The lowest BCUT2D eigenvalue weighted by molar-refractivity contribution is 0.239. The summed E-state index contributed by atoms with van der Waals surface area (Å²) in [5.74, 6) is 0. The van der Waals surface area contributed by atoms with E-state index in [1.165, 1.54) is 62.7 Å². The first-order valence-electron chi connectivity index (χ1n) is 8.90. The third-order valence-electron chi connectivity index (χ3n) is 4.46. The van der Waals surface area contributed by atoms with E-state index >= 15 is 0 Å². The van der Waals surface area contributed by atoms with Crippen molar-refractivity contribution in [1.29, 1.82) is 0 Å². The van der Waals surface area contributed by atoms with Crippen molar-refractivity contribution in [2.75, 3.05) is 26.2 Å². The van der Waals surface area contributed by atoms with Crippen molar-refractivity contribution >= 4 is 0 Å². The second kappa shape index (κ2) is 9.97. The van der Waals surface area contributed by atoms with Crippen LogP contribution in [0.2, 0.25) is 0 Å². The number of nitrogens with zero attached hydrogens (tertiary/aromatic N) is 1. The number of nitrogens with one attached hydrogen (secondary N) is 1. The molecule has 2 nitrogen and oxygen atoms in total. The predicted molar refractivity (Wildman–Crippen MR) is 91.7 cm³/mol. The molecule has 0 amide bonds. The second-order valence-electron chi connectivity index (χ2n) is 6.31. The molecule has 0 aliphatic carbocycles. The Morgan fingerprint density at radius 2 is 1.57 bits per heavy atom. The summed E-state index contributed by atoms with van der Waals surface area (Å²) in [6, 6.07) is 9.02.